The topological polar surface area (TPSA) is 62.7 Å². The summed E-state index contributed by atoms with van der Waals surface area (Å²) in [6, 6.07) is 9.01. The summed E-state index contributed by atoms with van der Waals surface area (Å²) in [6.45, 7) is 3.17. The molecule has 5 nitrogen and oxygen atoms in total. The number of phenolic OH excluding ortho intramolecular Hbond substituents is 1. The van der Waals surface area contributed by atoms with E-state index in [0.29, 0.717) is 12.0 Å². The zero-order valence-electron chi connectivity index (χ0n) is 13.9. The predicted molar refractivity (Wildman–Crippen MR) is 96.0 cm³/mol. The van der Waals surface area contributed by atoms with Gasteiger partial charge in [-0.25, -0.2) is 4.98 Å². The minimum absolute atomic E-state index is 0.00518. The van der Waals surface area contributed by atoms with E-state index in [1.54, 1.807) is 12.1 Å². The van der Waals surface area contributed by atoms with Crippen LogP contribution in [0.2, 0.25) is 0 Å². The van der Waals surface area contributed by atoms with E-state index in [1.807, 2.05) is 30.5 Å². The van der Waals surface area contributed by atoms with E-state index in [0.717, 1.165) is 55.2 Å². The van der Waals surface area contributed by atoms with Gasteiger partial charge in [-0.15, -0.1) is 0 Å². The number of phenols is 1. The molecule has 2 aromatic rings. The number of anilines is 1. The number of morpholine rings is 1. The molecule has 2 aliphatic rings. The number of allylic oxidation sites excluding steroid dienone is 1. The third-order valence-corrected chi connectivity index (χ3v) is 4.74. The van der Waals surface area contributed by atoms with Crippen LogP contribution in [0.4, 0.5) is 5.82 Å². The lowest BCUT2D eigenvalue weighted by atomic mass is 9.86. The molecule has 25 heavy (non-hydrogen) atoms. The number of ether oxygens (including phenoxy) is 1. The van der Waals surface area contributed by atoms with Gasteiger partial charge < -0.3 is 14.7 Å². The quantitative estimate of drug-likeness (QED) is 0.855. The molecule has 1 fully saturated rings. The number of nitrogens with zero attached hydrogens (tertiary/aromatic N) is 2. The lowest BCUT2D eigenvalue weighted by molar-refractivity contribution is 0.102. The molecule has 5 heteroatoms. The van der Waals surface area contributed by atoms with Crippen LogP contribution in [0.3, 0.4) is 0 Å². The fourth-order valence-electron chi connectivity index (χ4n) is 3.35. The Bertz CT molecular complexity index is 821. The number of ketones is 1. The number of benzene rings is 1. The minimum Gasteiger partial charge on any atom is -0.508 e. The standard InChI is InChI=1S/C20H20N2O3/c23-17-5-4-15-2-3-16(20(24)18(15)12-17)11-14-1-6-19(21-13-14)22-7-9-25-10-8-22/h1,4-6,11-13,23H,2-3,7-10H2/b16-11+. The van der Waals surface area contributed by atoms with Gasteiger partial charge in [0.1, 0.15) is 11.6 Å². The Balaban J connectivity index is 1.55. The van der Waals surface area contributed by atoms with E-state index in [-0.39, 0.29) is 11.5 Å². The second kappa shape index (κ2) is 6.69. The number of rotatable bonds is 2. The zero-order valence-corrected chi connectivity index (χ0v) is 13.9. The molecule has 1 aromatic carbocycles. The highest BCUT2D eigenvalue weighted by Gasteiger charge is 2.22. The molecule has 0 atom stereocenters. The largest absolute Gasteiger partial charge is 0.508 e. The molecule has 0 saturated carbocycles. The van der Waals surface area contributed by atoms with Crippen molar-refractivity contribution in [1.82, 2.24) is 4.98 Å². The summed E-state index contributed by atoms with van der Waals surface area (Å²) in [5.74, 6) is 1.06. The normalized spacial score (nSPS) is 19.1. The molecule has 0 unspecified atom stereocenters. The first kappa shape index (κ1) is 15.8. The molecule has 0 amide bonds. The summed E-state index contributed by atoms with van der Waals surface area (Å²) in [5, 5.41) is 9.64. The predicted octanol–water partition coefficient (Wildman–Crippen LogP) is 2.84. The molecular formula is C20H20N2O3. The molecule has 0 radical (unpaired) electrons. The number of aromatic nitrogens is 1. The number of pyridine rings is 1. The lowest BCUT2D eigenvalue weighted by Gasteiger charge is -2.27. The Labute approximate surface area is 146 Å². The second-order valence-electron chi connectivity index (χ2n) is 6.39. The molecule has 1 aliphatic carbocycles. The van der Waals surface area contributed by atoms with Crippen molar-refractivity contribution in [2.24, 2.45) is 0 Å². The summed E-state index contributed by atoms with van der Waals surface area (Å²) in [6.07, 6.45) is 5.24. The minimum atomic E-state index is -0.00518. The van der Waals surface area contributed by atoms with Crippen molar-refractivity contribution in [3.05, 3.63) is 58.8 Å². The number of Topliss-reactive ketones (excluding diaryl/α,β-unsaturated/α-hetero) is 1. The number of carbonyl (C=O) groups is 1. The first-order chi connectivity index (χ1) is 12.2. The van der Waals surface area contributed by atoms with E-state index in [2.05, 4.69) is 9.88 Å². The average Bonchev–Trinajstić information content (AvgIpc) is 2.66. The second-order valence-corrected chi connectivity index (χ2v) is 6.39. The SMILES string of the molecule is O=C1/C(=C/c2ccc(N3CCOCC3)nc2)CCc2ccc(O)cc21. The maximum atomic E-state index is 12.7. The van der Waals surface area contributed by atoms with Crippen LogP contribution >= 0.6 is 0 Å². The molecule has 1 aliphatic heterocycles. The number of fused-ring (bicyclic) bond motifs is 1. The van der Waals surface area contributed by atoms with Crippen molar-refractivity contribution in [1.29, 1.82) is 0 Å². The number of aromatic hydroxyl groups is 1. The average molecular weight is 336 g/mol. The van der Waals surface area contributed by atoms with E-state index in [9.17, 15) is 9.90 Å². The van der Waals surface area contributed by atoms with Crippen LogP contribution in [0, 0.1) is 0 Å². The van der Waals surface area contributed by atoms with Crippen LogP contribution in [0.25, 0.3) is 6.08 Å². The Morgan fingerprint density at radius 1 is 1.12 bits per heavy atom. The molecule has 1 N–H and O–H groups in total. The molecule has 1 aromatic heterocycles. The molecule has 0 bridgehead atoms. The molecule has 2 heterocycles. The third kappa shape index (κ3) is 3.28. The van der Waals surface area contributed by atoms with Gasteiger partial charge in [-0.05, 0) is 54.3 Å². The van der Waals surface area contributed by atoms with Gasteiger partial charge in [0, 0.05) is 30.4 Å². The van der Waals surface area contributed by atoms with Gasteiger partial charge in [0.25, 0.3) is 0 Å². The van der Waals surface area contributed by atoms with Gasteiger partial charge in [-0.3, -0.25) is 4.79 Å². The summed E-state index contributed by atoms with van der Waals surface area (Å²) < 4.78 is 5.36. The number of aryl methyl sites for hydroxylation is 1. The van der Waals surface area contributed by atoms with Crippen molar-refractivity contribution in [2.75, 3.05) is 31.2 Å². The fourth-order valence-corrected chi connectivity index (χ4v) is 3.35. The van der Waals surface area contributed by atoms with Crippen molar-refractivity contribution in [3.63, 3.8) is 0 Å². The highest BCUT2D eigenvalue weighted by Crippen LogP contribution is 2.29. The zero-order chi connectivity index (χ0) is 17.2. The van der Waals surface area contributed by atoms with Crippen LogP contribution < -0.4 is 4.90 Å². The third-order valence-electron chi connectivity index (χ3n) is 4.74. The van der Waals surface area contributed by atoms with Crippen LogP contribution in [0.5, 0.6) is 5.75 Å². The molecule has 128 valence electrons. The fraction of sp³-hybridized carbons (Fsp3) is 0.300. The van der Waals surface area contributed by atoms with E-state index in [1.165, 1.54) is 0 Å². The maximum absolute atomic E-state index is 12.7. The van der Waals surface area contributed by atoms with Gasteiger partial charge in [0.2, 0.25) is 0 Å². The Hall–Kier alpha value is -2.66. The van der Waals surface area contributed by atoms with Crippen molar-refractivity contribution < 1.29 is 14.6 Å². The summed E-state index contributed by atoms with van der Waals surface area (Å²) in [7, 11) is 0. The first-order valence-corrected chi connectivity index (χ1v) is 8.56. The van der Waals surface area contributed by atoms with Crippen LogP contribution in [-0.4, -0.2) is 42.2 Å². The smallest absolute Gasteiger partial charge is 0.189 e. The number of carbonyl (C=O) groups excluding carboxylic acids is 1. The Morgan fingerprint density at radius 3 is 2.72 bits per heavy atom. The van der Waals surface area contributed by atoms with Crippen LogP contribution in [0.1, 0.15) is 27.9 Å². The number of hydrogen-bond donors (Lipinski definition) is 1. The maximum Gasteiger partial charge on any atom is 0.189 e. The first-order valence-electron chi connectivity index (χ1n) is 8.56. The van der Waals surface area contributed by atoms with Gasteiger partial charge in [-0.1, -0.05) is 6.07 Å². The van der Waals surface area contributed by atoms with Crippen molar-refractivity contribution >= 4 is 17.7 Å². The van der Waals surface area contributed by atoms with Crippen LogP contribution in [0.15, 0.2) is 42.1 Å². The summed E-state index contributed by atoms with van der Waals surface area (Å²) in [5.41, 5.74) is 3.29. The summed E-state index contributed by atoms with van der Waals surface area (Å²) in [4.78, 5) is 19.4. The lowest BCUT2D eigenvalue weighted by Crippen LogP contribution is -2.36. The molecule has 4 rings (SSSR count). The highest BCUT2D eigenvalue weighted by atomic mass is 16.5. The van der Waals surface area contributed by atoms with Gasteiger partial charge in [0.15, 0.2) is 5.78 Å². The Kier molecular flexibility index (Phi) is 4.24. The van der Waals surface area contributed by atoms with E-state index < -0.39 is 0 Å². The summed E-state index contributed by atoms with van der Waals surface area (Å²) >= 11 is 0. The van der Waals surface area contributed by atoms with Gasteiger partial charge in [-0.2, -0.15) is 0 Å². The highest BCUT2D eigenvalue weighted by molar-refractivity contribution is 6.13. The monoisotopic (exact) mass is 336 g/mol. The van der Waals surface area contributed by atoms with Gasteiger partial charge in [0.05, 0.1) is 13.2 Å². The molecular weight excluding hydrogens is 316 g/mol. The molecule has 1 saturated heterocycles. The van der Waals surface area contributed by atoms with E-state index >= 15 is 0 Å². The molecule has 0 spiro atoms. The Morgan fingerprint density at radius 2 is 1.96 bits per heavy atom. The van der Waals surface area contributed by atoms with Crippen LogP contribution in [-0.2, 0) is 11.2 Å². The number of hydrogen-bond acceptors (Lipinski definition) is 5. The van der Waals surface area contributed by atoms with Crippen molar-refractivity contribution in [2.45, 2.75) is 12.8 Å². The van der Waals surface area contributed by atoms with E-state index in [4.69, 9.17) is 4.74 Å². The van der Waals surface area contributed by atoms with Crippen molar-refractivity contribution in [3.8, 4) is 5.75 Å². The van der Waals surface area contributed by atoms with Gasteiger partial charge >= 0.3 is 0 Å².